The Kier molecular flexibility index (Phi) is 5.48. The van der Waals surface area contributed by atoms with Crippen LogP contribution in [0.2, 0.25) is 0 Å². The Balaban J connectivity index is 3.25. The summed E-state index contributed by atoms with van der Waals surface area (Å²) in [5.41, 5.74) is -0.00367. The monoisotopic (exact) mass is 351 g/mol. The van der Waals surface area contributed by atoms with Gasteiger partial charge in [0, 0.05) is 17.6 Å². The number of nitrogens with zero attached hydrogens (tertiary/aromatic N) is 1. The lowest BCUT2D eigenvalue weighted by Crippen LogP contribution is -2.33. The molecule has 0 saturated heterocycles. The normalized spacial score (nSPS) is 11.8. The maximum Gasteiger partial charge on any atom is 0.335 e. The van der Waals surface area contributed by atoms with Gasteiger partial charge in [0.1, 0.15) is 0 Å². The molecule has 8 heteroatoms. The van der Waals surface area contributed by atoms with E-state index in [1.54, 1.807) is 6.92 Å². The molecule has 1 aromatic carbocycles. The molecule has 19 heavy (non-hydrogen) atoms. The lowest BCUT2D eigenvalue weighted by molar-refractivity contribution is 0.0696. The van der Waals surface area contributed by atoms with Crippen molar-refractivity contribution >= 4 is 31.9 Å². The second-order valence-corrected chi connectivity index (χ2v) is 6.43. The van der Waals surface area contributed by atoms with Gasteiger partial charge in [0.15, 0.2) is 0 Å². The van der Waals surface area contributed by atoms with E-state index in [0.29, 0.717) is 0 Å². The van der Waals surface area contributed by atoms with E-state index in [0.717, 1.165) is 4.31 Å². The van der Waals surface area contributed by atoms with Gasteiger partial charge in [-0.2, -0.15) is 4.31 Å². The molecule has 0 aliphatic heterocycles. The molecule has 0 bridgehead atoms. The number of halogens is 1. The Morgan fingerprint density at radius 2 is 2.05 bits per heavy atom. The predicted molar refractivity (Wildman–Crippen MR) is 72.6 cm³/mol. The minimum absolute atomic E-state index is 0.00367. The number of rotatable bonds is 6. The number of hydrogen-bond acceptors (Lipinski definition) is 4. The highest BCUT2D eigenvalue weighted by atomic mass is 79.9. The minimum atomic E-state index is -3.75. The molecule has 0 radical (unpaired) electrons. The van der Waals surface area contributed by atoms with Gasteiger partial charge in [-0.3, -0.25) is 0 Å². The van der Waals surface area contributed by atoms with Crippen LogP contribution in [-0.4, -0.2) is 48.6 Å². The molecule has 106 valence electrons. The van der Waals surface area contributed by atoms with Crippen molar-refractivity contribution < 1.29 is 23.4 Å². The number of likely N-dealkylation sites (N-methyl/N-ethyl adjacent to an activating group) is 1. The molecule has 2 N–H and O–H groups in total. The number of carboxylic acid groups (broad SMARTS) is 1. The van der Waals surface area contributed by atoms with Crippen LogP contribution in [0, 0.1) is 0 Å². The highest BCUT2D eigenvalue weighted by molar-refractivity contribution is 9.10. The van der Waals surface area contributed by atoms with Crippen molar-refractivity contribution in [1.82, 2.24) is 4.31 Å². The van der Waals surface area contributed by atoms with E-state index in [2.05, 4.69) is 15.9 Å². The maximum atomic E-state index is 12.3. The van der Waals surface area contributed by atoms with E-state index < -0.39 is 16.0 Å². The quantitative estimate of drug-likeness (QED) is 0.801. The molecule has 0 atom stereocenters. The standard InChI is InChI=1S/C11H14BrNO5S/c1-2-13(5-6-14)19(17,18)10-4-3-8(11(15)16)7-9(10)12/h3-4,7,14H,2,5-6H2,1H3,(H,15,16). The van der Waals surface area contributed by atoms with Crippen LogP contribution in [0.4, 0.5) is 0 Å². The summed E-state index contributed by atoms with van der Waals surface area (Å²) >= 11 is 3.07. The van der Waals surface area contributed by atoms with Crippen LogP contribution in [0.25, 0.3) is 0 Å². The zero-order chi connectivity index (χ0) is 14.6. The first kappa shape index (κ1) is 16.1. The van der Waals surface area contributed by atoms with E-state index >= 15 is 0 Å². The molecule has 1 rings (SSSR count). The average molecular weight is 352 g/mol. The first-order chi connectivity index (χ1) is 8.84. The van der Waals surface area contributed by atoms with Gasteiger partial charge in [0.05, 0.1) is 17.1 Å². The largest absolute Gasteiger partial charge is 0.478 e. The number of hydrogen-bond donors (Lipinski definition) is 2. The van der Waals surface area contributed by atoms with Crippen molar-refractivity contribution in [1.29, 1.82) is 0 Å². The zero-order valence-electron chi connectivity index (χ0n) is 10.2. The Morgan fingerprint density at radius 3 is 2.47 bits per heavy atom. The Bertz CT molecular complexity index is 572. The van der Waals surface area contributed by atoms with Crippen LogP contribution < -0.4 is 0 Å². The Hall–Kier alpha value is -0.960. The SMILES string of the molecule is CCN(CCO)S(=O)(=O)c1ccc(C(=O)O)cc1Br. The maximum absolute atomic E-state index is 12.3. The number of sulfonamides is 1. The first-order valence-electron chi connectivity index (χ1n) is 5.48. The number of aliphatic hydroxyl groups is 1. The van der Waals surface area contributed by atoms with Gasteiger partial charge in [-0.1, -0.05) is 6.92 Å². The molecule has 0 aromatic heterocycles. The van der Waals surface area contributed by atoms with Crippen molar-refractivity contribution in [3.8, 4) is 0 Å². The molecule has 0 saturated carbocycles. The van der Waals surface area contributed by atoms with Gasteiger partial charge in [0.2, 0.25) is 10.0 Å². The summed E-state index contributed by atoms with van der Waals surface area (Å²) in [5, 5.41) is 17.7. The summed E-state index contributed by atoms with van der Waals surface area (Å²) in [6.07, 6.45) is 0. The summed E-state index contributed by atoms with van der Waals surface area (Å²) in [4.78, 5) is 10.8. The minimum Gasteiger partial charge on any atom is -0.478 e. The number of carbonyl (C=O) groups is 1. The van der Waals surface area contributed by atoms with Crippen molar-refractivity contribution in [2.45, 2.75) is 11.8 Å². The second-order valence-electron chi connectivity index (χ2n) is 3.67. The molecule has 0 spiro atoms. The molecule has 0 amide bonds. The Morgan fingerprint density at radius 1 is 1.42 bits per heavy atom. The fourth-order valence-corrected chi connectivity index (χ4v) is 4.02. The molecule has 0 unspecified atom stereocenters. The van der Waals surface area contributed by atoms with Crippen molar-refractivity contribution in [2.24, 2.45) is 0 Å². The van der Waals surface area contributed by atoms with E-state index in [1.807, 2.05) is 0 Å². The van der Waals surface area contributed by atoms with Gasteiger partial charge >= 0.3 is 5.97 Å². The van der Waals surface area contributed by atoms with Crippen LogP contribution in [0.5, 0.6) is 0 Å². The molecule has 0 heterocycles. The average Bonchev–Trinajstić information content (AvgIpc) is 2.35. The fraction of sp³-hybridized carbons (Fsp3) is 0.364. The van der Waals surface area contributed by atoms with Gasteiger partial charge in [-0.15, -0.1) is 0 Å². The summed E-state index contributed by atoms with van der Waals surface area (Å²) in [5.74, 6) is -1.13. The molecule has 0 aliphatic carbocycles. The number of benzene rings is 1. The third kappa shape index (κ3) is 3.53. The summed E-state index contributed by atoms with van der Waals surface area (Å²) in [7, 11) is -3.75. The molecular weight excluding hydrogens is 338 g/mol. The lowest BCUT2D eigenvalue weighted by Gasteiger charge is -2.20. The zero-order valence-corrected chi connectivity index (χ0v) is 12.6. The molecule has 1 aromatic rings. The number of aromatic carboxylic acids is 1. The lowest BCUT2D eigenvalue weighted by atomic mass is 10.2. The van der Waals surface area contributed by atoms with Crippen molar-refractivity contribution in [3.05, 3.63) is 28.2 Å². The second kappa shape index (κ2) is 6.47. The van der Waals surface area contributed by atoms with Crippen molar-refractivity contribution in [2.75, 3.05) is 19.7 Å². The van der Waals surface area contributed by atoms with Crippen LogP contribution in [0.1, 0.15) is 17.3 Å². The summed E-state index contributed by atoms with van der Waals surface area (Å²) in [6.45, 7) is 1.59. The van der Waals surface area contributed by atoms with Gasteiger partial charge in [-0.25, -0.2) is 13.2 Å². The number of aliphatic hydroxyl groups excluding tert-OH is 1. The highest BCUT2D eigenvalue weighted by Crippen LogP contribution is 2.26. The summed E-state index contributed by atoms with van der Waals surface area (Å²) in [6, 6.07) is 3.71. The Labute approximate surface area is 119 Å². The number of carboxylic acids is 1. The van der Waals surface area contributed by atoms with Crippen LogP contribution >= 0.6 is 15.9 Å². The third-order valence-electron chi connectivity index (χ3n) is 2.50. The predicted octanol–water partition coefficient (Wildman–Crippen LogP) is 1.15. The van der Waals surface area contributed by atoms with Gasteiger partial charge < -0.3 is 10.2 Å². The van der Waals surface area contributed by atoms with Gasteiger partial charge in [-0.05, 0) is 34.1 Å². The van der Waals surface area contributed by atoms with E-state index in [1.165, 1.54) is 18.2 Å². The smallest absolute Gasteiger partial charge is 0.335 e. The molecule has 0 aliphatic rings. The molecule has 0 fully saturated rings. The fourth-order valence-electron chi connectivity index (χ4n) is 1.54. The topological polar surface area (TPSA) is 94.9 Å². The highest BCUT2D eigenvalue weighted by Gasteiger charge is 2.25. The van der Waals surface area contributed by atoms with Crippen LogP contribution in [0.3, 0.4) is 0 Å². The van der Waals surface area contributed by atoms with Crippen LogP contribution in [-0.2, 0) is 10.0 Å². The third-order valence-corrected chi connectivity index (χ3v) is 5.45. The summed E-state index contributed by atoms with van der Waals surface area (Å²) < 4.78 is 25.9. The first-order valence-corrected chi connectivity index (χ1v) is 7.71. The van der Waals surface area contributed by atoms with Crippen LogP contribution in [0.15, 0.2) is 27.6 Å². The van der Waals surface area contributed by atoms with E-state index in [4.69, 9.17) is 10.2 Å². The molecule has 6 nitrogen and oxygen atoms in total. The van der Waals surface area contributed by atoms with E-state index in [-0.39, 0.29) is 34.6 Å². The van der Waals surface area contributed by atoms with Gasteiger partial charge in [0.25, 0.3) is 0 Å². The molecular formula is C11H14BrNO5S. The van der Waals surface area contributed by atoms with E-state index in [9.17, 15) is 13.2 Å². The van der Waals surface area contributed by atoms with Crippen molar-refractivity contribution in [3.63, 3.8) is 0 Å².